The summed E-state index contributed by atoms with van der Waals surface area (Å²) in [6.07, 6.45) is 2.76. The zero-order valence-corrected chi connectivity index (χ0v) is 25.0. The molecule has 1 aromatic rings. The molecule has 2 rings (SSSR count). The molecule has 0 saturated heterocycles. The van der Waals surface area contributed by atoms with Crippen molar-refractivity contribution in [1.82, 2.24) is 9.80 Å². The SMILES string of the molecule is C[C@H](Nc1ccc([N+](C=O)(CCCl)CCCl)cc1)C(=O)NC1(CCC(O)(P(=O)(O)O)P(=O)(O)O)CCCCC1. The van der Waals surface area contributed by atoms with E-state index in [9.17, 15) is 43.4 Å². The summed E-state index contributed by atoms with van der Waals surface area (Å²) >= 11 is 11.8. The minimum Gasteiger partial charge on any atom is -0.374 e. The van der Waals surface area contributed by atoms with Gasteiger partial charge in [0.25, 0.3) is 5.08 Å². The number of amides is 2. The van der Waals surface area contributed by atoms with Crippen LogP contribution in [0.5, 0.6) is 0 Å². The predicted molar refractivity (Wildman–Crippen MR) is 151 cm³/mol. The highest BCUT2D eigenvalue weighted by atomic mass is 35.5. The van der Waals surface area contributed by atoms with Crippen LogP contribution in [0.2, 0.25) is 0 Å². The monoisotopic (exact) mass is 632 g/mol. The average Bonchev–Trinajstić information content (AvgIpc) is 2.86. The quantitative estimate of drug-likeness (QED) is 0.0654. The van der Waals surface area contributed by atoms with Gasteiger partial charge in [0, 0.05) is 29.8 Å². The molecular formula is C23H38Cl2N3O9P2+. The summed E-state index contributed by atoms with van der Waals surface area (Å²) in [5, 5.41) is 12.8. The third-order valence-corrected chi connectivity index (χ3v) is 11.6. The Bertz CT molecular complexity index is 1050. The van der Waals surface area contributed by atoms with Gasteiger partial charge in [0.05, 0.1) is 11.8 Å². The number of hydrogen-bond acceptors (Lipinski definition) is 6. The van der Waals surface area contributed by atoms with Gasteiger partial charge < -0.3 is 35.3 Å². The van der Waals surface area contributed by atoms with E-state index in [1.165, 1.54) is 0 Å². The van der Waals surface area contributed by atoms with Gasteiger partial charge in [-0.1, -0.05) is 19.3 Å². The van der Waals surface area contributed by atoms with Crippen molar-refractivity contribution in [2.75, 3.05) is 30.2 Å². The Morgan fingerprint density at radius 1 is 1.05 bits per heavy atom. The van der Waals surface area contributed by atoms with Crippen LogP contribution in [0.1, 0.15) is 51.9 Å². The highest BCUT2D eigenvalue weighted by Gasteiger charge is 2.59. The van der Waals surface area contributed by atoms with Crippen LogP contribution in [0.4, 0.5) is 11.4 Å². The lowest BCUT2D eigenvalue weighted by Crippen LogP contribution is -2.54. The molecule has 1 atom stereocenters. The van der Waals surface area contributed by atoms with Crippen molar-refractivity contribution in [1.29, 1.82) is 0 Å². The van der Waals surface area contributed by atoms with Gasteiger partial charge in [0.15, 0.2) is 0 Å². The Kier molecular flexibility index (Phi) is 12.0. The number of quaternary nitrogens is 1. The van der Waals surface area contributed by atoms with E-state index in [4.69, 9.17) is 23.2 Å². The number of carbonyl (C=O) groups excluding carboxylic acids is 2. The van der Waals surface area contributed by atoms with Gasteiger partial charge in [-0.15, -0.1) is 23.2 Å². The van der Waals surface area contributed by atoms with Crippen LogP contribution in [-0.4, -0.2) is 78.5 Å². The topological polar surface area (TPSA) is 193 Å². The van der Waals surface area contributed by atoms with Gasteiger partial charge in [0.2, 0.25) is 5.91 Å². The van der Waals surface area contributed by atoms with Crippen LogP contribution in [0.15, 0.2) is 24.3 Å². The van der Waals surface area contributed by atoms with Crippen LogP contribution >= 0.6 is 38.4 Å². The summed E-state index contributed by atoms with van der Waals surface area (Å²) in [6, 6.07) is 6.17. The predicted octanol–water partition coefficient (Wildman–Crippen LogP) is 3.03. The molecule has 39 heavy (non-hydrogen) atoms. The number of hydrogen-bond donors (Lipinski definition) is 7. The normalized spacial score (nSPS) is 17.3. The molecule has 7 N–H and O–H groups in total. The third-order valence-electron chi connectivity index (χ3n) is 7.40. The van der Waals surface area contributed by atoms with Gasteiger partial charge in [-0.25, -0.2) is 9.28 Å². The van der Waals surface area contributed by atoms with Crippen LogP contribution in [-0.2, 0) is 18.7 Å². The van der Waals surface area contributed by atoms with E-state index in [1.54, 1.807) is 31.2 Å². The molecule has 2 amide bonds. The van der Waals surface area contributed by atoms with E-state index in [0.29, 0.717) is 50.1 Å². The molecule has 1 saturated carbocycles. The standard InChI is InChI=1S/C23H37Cl2N3O9P2/c1-18(26-19-5-7-20(8-6-19)28(17-29,15-13-24)16-14-25)21(30)27-22(9-3-2-4-10-22)11-12-23(31,38(32,33)34)39(35,36)37/h5-8,17-18,26,31H,2-4,9-16H2,1H3,(H4-,27,30,32,33,34,35,36,37)/p+1/t18-/m0/s1. The fraction of sp³-hybridized carbons (Fsp3) is 0.652. The van der Waals surface area contributed by atoms with E-state index in [2.05, 4.69) is 10.6 Å². The van der Waals surface area contributed by atoms with Crippen molar-refractivity contribution in [3.05, 3.63) is 24.3 Å². The maximum Gasteiger partial charge on any atom is 0.369 e. The number of carbonyl (C=O) groups is 2. The fourth-order valence-corrected chi connectivity index (χ4v) is 7.68. The minimum atomic E-state index is -5.60. The van der Waals surface area contributed by atoms with E-state index in [1.807, 2.05) is 0 Å². The molecule has 0 bridgehead atoms. The van der Waals surface area contributed by atoms with E-state index in [0.717, 1.165) is 12.8 Å². The lowest BCUT2D eigenvalue weighted by molar-refractivity contribution is -0.124. The molecule has 1 aromatic carbocycles. The van der Waals surface area contributed by atoms with Gasteiger partial charge in [-0.3, -0.25) is 13.9 Å². The number of anilines is 1. The Hall–Kier alpha value is -1.04. The summed E-state index contributed by atoms with van der Waals surface area (Å²) in [5.74, 6) is 0.0852. The molecule has 16 heteroatoms. The molecular weight excluding hydrogens is 595 g/mol. The van der Waals surface area contributed by atoms with Gasteiger partial charge in [-0.05, 0) is 38.3 Å². The lowest BCUT2D eigenvalue weighted by Gasteiger charge is -2.41. The Balaban J connectivity index is 2.17. The Morgan fingerprint density at radius 3 is 2.00 bits per heavy atom. The van der Waals surface area contributed by atoms with E-state index < -0.39 is 44.2 Å². The minimum absolute atomic E-state index is 0.0403. The van der Waals surface area contributed by atoms with Crippen molar-refractivity contribution in [2.24, 2.45) is 0 Å². The molecule has 222 valence electrons. The van der Waals surface area contributed by atoms with Crippen molar-refractivity contribution >= 4 is 62.1 Å². The van der Waals surface area contributed by atoms with Crippen molar-refractivity contribution in [3.63, 3.8) is 0 Å². The first-order chi connectivity index (χ1) is 18.1. The summed E-state index contributed by atoms with van der Waals surface area (Å²) < 4.78 is 23.6. The molecule has 0 radical (unpaired) electrons. The van der Waals surface area contributed by atoms with Crippen LogP contribution in [0, 0.1) is 0 Å². The molecule has 0 heterocycles. The third kappa shape index (κ3) is 8.26. The smallest absolute Gasteiger partial charge is 0.369 e. The maximum absolute atomic E-state index is 13.2. The van der Waals surface area contributed by atoms with E-state index >= 15 is 0 Å². The number of nitrogens with one attached hydrogen (secondary N) is 2. The second kappa shape index (κ2) is 13.7. The molecule has 1 fully saturated rings. The average molecular weight is 633 g/mol. The van der Waals surface area contributed by atoms with Crippen LogP contribution in [0.25, 0.3) is 0 Å². The Labute approximate surface area is 238 Å². The lowest BCUT2D eigenvalue weighted by atomic mass is 9.78. The highest BCUT2D eigenvalue weighted by molar-refractivity contribution is 7.72. The van der Waals surface area contributed by atoms with Gasteiger partial charge in [0.1, 0.15) is 24.8 Å². The van der Waals surface area contributed by atoms with Crippen molar-refractivity contribution in [2.45, 2.75) is 68.5 Å². The summed E-state index contributed by atoms with van der Waals surface area (Å²) in [4.78, 5) is 63.1. The largest absolute Gasteiger partial charge is 0.374 e. The maximum atomic E-state index is 13.2. The molecule has 1 aliphatic rings. The number of alkyl halides is 2. The second-order valence-electron chi connectivity index (χ2n) is 10.1. The first-order valence-corrected chi connectivity index (χ1v) is 16.9. The van der Waals surface area contributed by atoms with Gasteiger partial charge in [-0.2, -0.15) is 0 Å². The molecule has 0 aliphatic heterocycles. The number of rotatable bonds is 15. The first kappa shape index (κ1) is 34.2. The Morgan fingerprint density at radius 2 is 1.56 bits per heavy atom. The number of nitrogens with zero attached hydrogens (tertiary/aromatic N) is 1. The van der Waals surface area contributed by atoms with E-state index in [-0.39, 0.29) is 22.7 Å². The molecule has 0 spiro atoms. The zero-order chi connectivity index (χ0) is 29.5. The molecule has 1 aliphatic carbocycles. The number of aliphatic hydroxyl groups is 1. The molecule has 0 unspecified atom stereocenters. The summed E-state index contributed by atoms with van der Waals surface area (Å²) in [6.45, 7) is 2.35. The van der Waals surface area contributed by atoms with Crippen molar-refractivity contribution in [3.8, 4) is 0 Å². The fourth-order valence-electron chi connectivity index (χ4n) is 4.91. The highest BCUT2D eigenvalue weighted by Crippen LogP contribution is 2.69. The number of halogens is 2. The second-order valence-corrected chi connectivity index (χ2v) is 14.8. The van der Waals surface area contributed by atoms with Crippen LogP contribution in [0.3, 0.4) is 0 Å². The van der Waals surface area contributed by atoms with Gasteiger partial charge >= 0.3 is 21.6 Å². The number of benzene rings is 1. The molecule has 12 nitrogen and oxygen atoms in total. The molecule has 0 aromatic heterocycles. The summed E-state index contributed by atoms with van der Waals surface area (Å²) in [5.41, 5.74) is 0.285. The van der Waals surface area contributed by atoms with Crippen LogP contribution < -0.4 is 15.1 Å². The van der Waals surface area contributed by atoms with Crippen molar-refractivity contribution < 1.29 is 43.4 Å². The first-order valence-electron chi connectivity index (χ1n) is 12.6. The zero-order valence-electron chi connectivity index (χ0n) is 21.7. The summed E-state index contributed by atoms with van der Waals surface area (Å²) in [7, 11) is -11.2.